The minimum Gasteiger partial charge on any atom is -0.481 e. The highest BCUT2D eigenvalue weighted by atomic mass is 16.5. The molecule has 1 aliphatic rings. The van der Waals surface area contributed by atoms with Crippen molar-refractivity contribution in [3.8, 4) is 5.75 Å². The van der Waals surface area contributed by atoms with Gasteiger partial charge in [0.2, 0.25) is 0 Å². The molecule has 0 radical (unpaired) electrons. The van der Waals surface area contributed by atoms with Crippen molar-refractivity contribution in [2.24, 2.45) is 5.92 Å². The van der Waals surface area contributed by atoms with Crippen LogP contribution in [0.15, 0.2) is 54.6 Å². The lowest BCUT2D eigenvalue weighted by Crippen LogP contribution is -2.34. The number of hydrogen-bond acceptors (Lipinski definition) is 6. The summed E-state index contributed by atoms with van der Waals surface area (Å²) in [5, 5.41) is 3.74. The predicted molar refractivity (Wildman–Crippen MR) is 124 cm³/mol. The van der Waals surface area contributed by atoms with E-state index in [2.05, 4.69) is 27.9 Å². The van der Waals surface area contributed by atoms with Crippen molar-refractivity contribution < 1.29 is 19.1 Å². The van der Waals surface area contributed by atoms with E-state index in [1.807, 2.05) is 24.3 Å². The molecule has 1 atom stereocenters. The first-order valence-electron chi connectivity index (χ1n) is 10.8. The van der Waals surface area contributed by atoms with Crippen LogP contribution in [-0.4, -0.2) is 43.7 Å². The summed E-state index contributed by atoms with van der Waals surface area (Å²) in [6.07, 6.45) is 2.42. The van der Waals surface area contributed by atoms with Gasteiger partial charge in [-0.05, 0) is 61.2 Å². The molecule has 7 nitrogen and oxygen atoms in total. The van der Waals surface area contributed by atoms with Crippen LogP contribution in [0.2, 0.25) is 0 Å². The van der Waals surface area contributed by atoms with Crippen molar-refractivity contribution in [1.82, 2.24) is 4.98 Å². The number of amides is 1. The first kappa shape index (κ1) is 21.6. The Morgan fingerprint density at radius 2 is 1.94 bits per heavy atom. The number of nitrogens with zero attached hydrogens (tertiary/aromatic N) is 2. The number of carbonyl (C=O) groups is 2. The summed E-state index contributed by atoms with van der Waals surface area (Å²) < 4.78 is 10.5. The van der Waals surface area contributed by atoms with Crippen LogP contribution in [0.4, 0.5) is 11.5 Å². The average molecular weight is 434 g/mol. The maximum atomic E-state index is 12.4. The normalized spacial score (nSPS) is 15.9. The van der Waals surface area contributed by atoms with Gasteiger partial charge >= 0.3 is 5.97 Å². The third-order valence-electron chi connectivity index (χ3n) is 5.60. The molecule has 166 valence electrons. The Balaban J connectivity index is 1.43. The molecule has 32 heavy (non-hydrogen) atoms. The molecule has 1 saturated heterocycles. The Morgan fingerprint density at radius 3 is 2.69 bits per heavy atom. The number of para-hydroxylation sites is 1. The van der Waals surface area contributed by atoms with Crippen molar-refractivity contribution in [3.63, 3.8) is 0 Å². The molecule has 1 aromatic heterocycles. The third-order valence-corrected chi connectivity index (χ3v) is 5.60. The van der Waals surface area contributed by atoms with Crippen LogP contribution in [0.1, 0.15) is 30.1 Å². The molecule has 1 aliphatic heterocycles. The summed E-state index contributed by atoms with van der Waals surface area (Å²) in [6.45, 7) is 4.12. The summed E-state index contributed by atoms with van der Waals surface area (Å²) in [4.78, 5) is 31.1. The molecule has 0 bridgehead atoms. The lowest BCUT2D eigenvalue weighted by Gasteiger charge is -2.32. The molecule has 7 heteroatoms. The van der Waals surface area contributed by atoms with Crippen LogP contribution < -0.4 is 15.0 Å². The van der Waals surface area contributed by atoms with E-state index < -0.39 is 5.97 Å². The number of pyridine rings is 1. The second kappa shape index (κ2) is 9.68. The molecule has 1 fully saturated rings. The standard InChI is InChI=1S/C25H27N3O4/c1-17-5-4-14-28(15-17)22-13-10-18-6-3-7-21(24(18)27-22)32-16-23(29)26-20-11-8-19(9-12-20)25(30)31-2/h3,6-13,17H,4-5,14-16H2,1-2H3,(H,26,29). The maximum Gasteiger partial charge on any atom is 0.337 e. The van der Waals surface area contributed by atoms with E-state index >= 15 is 0 Å². The summed E-state index contributed by atoms with van der Waals surface area (Å²) in [5.41, 5.74) is 1.74. The molecule has 1 unspecified atom stereocenters. The molecule has 0 spiro atoms. The number of anilines is 2. The van der Waals surface area contributed by atoms with Crippen LogP contribution >= 0.6 is 0 Å². The van der Waals surface area contributed by atoms with E-state index in [1.165, 1.54) is 20.0 Å². The van der Waals surface area contributed by atoms with Crippen LogP contribution in [0.5, 0.6) is 5.75 Å². The minimum atomic E-state index is -0.423. The van der Waals surface area contributed by atoms with Gasteiger partial charge in [0.15, 0.2) is 6.61 Å². The molecule has 2 aromatic carbocycles. The van der Waals surface area contributed by atoms with E-state index in [0.717, 1.165) is 29.8 Å². The average Bonchev–Trinajstić information content (AvgIpc) is 2.82. The first-order valence-corrected chi connectivity index (χ1v) is 10.8. The molecule has 0 saturated carbocycles. The molecule has 0 aliphatic carbocycles. The van der Waals surface area contributed by atoms with Gasteiger partial charge in [0.05, 0.1) is 12.7 Å². The van der Waals surface area contributed by atoms with Gasteiger partial charge in [0, 0.05) is 24.2 Å². The van der Waals surface area contributed by atoms with E-state index in [9.17, 15) is 9.59 Å². The van der Waals surface area contributed by atoms with E-state index in [1.54, 1.807) is 24.3 Å². The van der Waals surface area contributed by atoms with Crippen molar-refractivity contribution in [3.05, 3.63) is 60.2 Å². The highest BCUT2D eigenvalue weighted by molar-refractivity contribution is 5.94. The van der Waals surface area contributed by atoms with Gasteiger partial charge in [-0.1, -0.05) is 19.1 Å². The monoisotopic (exact) mass is 433 g/mol. The number of rotatable bonds is 6. The SMILES string of the molecule is COC(=O)c1ccc(NC(=O)COc2cccc3ccc(N4CCCC(C)C4)nc23)cc1. The van der Waals surface area contributed by atoms with Crippen molar-refractivity contribution in [1.29, 1.82) is 0 Å². The van der Waals surface area contributed by atoms with Gasteiger partial charge < -0.3 is 19.7 Å². The number of methoxy groups -OCH3 is 1. The number of benzene rings is 2. The number of aromatic nitrogens is 1. The van der Waals surface area contributed by atoms with Gasteiger partial charge in [-0.15, -0.1) is 0 Å². The number of carbonyl (C=O) groups excluding carboxylic acids is 2. The lowest BCUT2D eigenvalue weighted by molar-refractivity contribution is -0.118. The Kier molecular flexibility index (Phi) is 6.54. The van der Waals surface area contributed by atoms with Crippen molar-refractivity contribution in [2.45, 2.75) is 19.8 Å². The fourth-order valence-electron chi connectivity index (χ4n) is 3.95. The summed E-state index contributed by atoms with van der Waals surface area (Å²) >= 11 is 0. The van der Waals surface area contributed by atoms with Gasteiger partial charge in [-0.3, -0.25) is 4.79 Å². The van der Waals surface area contributed by atoms with Crippen LogP contribution in [-0.2, 0) is 9.53 Å². The minimum absolute atomic E-state index is 0.148. The first-order chi connectivity index (χ1) is 15.5. The van der Waals surface area contributed by atoms with E-state index in [0.29, 0.717) is 22.9 Å². The summed E-state index contributed by atoms with van der Waals surface area (Å²) in [5.74, 6) is 1.45. The van der Waals surface area contributed by atoms with Crippen molar-refractivity contribution >= 4 is 34.3 Å². The van der Waals surface area contributed by atoms with Gasteiger partial charge in [-0.2, -0.15) is 0 Å². The Morgan fingerprint density at radius 1 is 1.12 bits per heavy atom. The van der Waals surface area contributed by atoms with E-state index in [-0.39, 0.29) is 12.5 Å². The van der Waals surface area contributed by atoms with Crippen LogP contribution in [0, 0.1) is 5.92 Å². The number of esters is 1. The van der Waals surface area contributed by atoms with E-state index in [4.69, 9.17) is 9.72 Å². The number of nitrogens with one attached hydrogen (secondary N) is 1. The second-order valence-corrected chi connectivity index (χ2v) is 8.10. The predicted octanol–water partition coefficient (Wildman–Crippen LogP) is 4.28. The smallest absolute Gasteiger partial charge is 0.337 e. The maximum absolute atomic E-state index is 12.4. The molecule has 2 heterocycles. The van der Waals surface area contributed by atoms with Crippen molar-refractivity contribution in [2.75, 3.05) is 37.0 Å². The van der Waals surface area contributed by atoms with Gasteiger partial charge in [0.25, 0.3) is 5.91 Å². The second-order valence-electron chi connectivity index (χ2n) is 8.10. The number of fused-ring (bicyclic) bond motifs is 1. The van der Waals surface area contributed by atoms with Gasteiger partial charge in [0.1, 0.15) is 17.1 Å². The molecule has 1 N–H and O–H groups in total. The largest absolute Gasteiger partial charge is 0.481 e. The summed E-state index contributed by atoms with van der Waals surface area (Å²) in [6, 6.07) is 16.3. The Labute approximate surface area is 187 Å². The number of piperidine rings is 1. The van der Waals surface area contributed by atoms with Crippen LogP contribution in [0.3, 0.4) is 0 Å². The van der Waals surface area contributed by atoms with Gasteiger partial charge in [-0.25, -0.2) is 9.78 Å². The highest BCUT2D eigenvalue weighted by Crippen LogP contribution is 2.28. The quantitative estimate of drug-likeness (QED) is 0.585. The molecular formula is C25H27N3O4. The lowest BCUT2D eigenvalue weighted by atomic mass is 10.0. The number of hydrogen-bond donors (Lipinski definition) is 1. The molecule has 3 aromatic rings. The molecular weight excluding hydrogens is 406 g/mol. The molecule has 4 rings (SSSR count). The third kappa shape index (κ3) is 4.99. The summed E-state index contributed by atoms with van der Waals surface area (Å²) in [7, 11) is 1.33. The fraction of sp³-hybridized carbons (Fsp3) is 0.320. The zero-order chi connectivity index (χ0) is 22.5. The Hall–Kier alpha value is -3.61. The zero-order valence-electron chi connectivity index (χ0n) is 18.3. The topological polar surface area (TPSA) is 80.8 Å². The van der Waals surface area contributed by atoms with Crippen LogP contribution in [0.25, 0.3) is 10.9 Å². The molecule has 1 amide bonds. The highest BCUT2D eigenvalue weighted by Gasteiger charge is 2.18. The zero-order valence-corrected chi connectivity index (χ0v) is 18.3. The Bertz CT molecular complexity index is 1110. The fourth-order valence-corrected chi connectivity index (χ4v) is 3.95. The number of ether oxygens (including phenoxy) is 2.